The van der Waals surface area contributed by atoms with E-state index in [0.717, 1.165) is 23.2 Å². The number of rotatable bonds is 6. The van der Waals surface area contributed by atoms with E-state index in [1.165, 1.54) is 12.1 Å². The quantitative estimate of drug-likeness (QED) is 0.603. The molecule has 1 fully saturated rings. The predicted molar refractivity (Wildman–Crippen MR) is 114 cm³/mol. The molecule has 3 N–H and O–H groups in total. The molecule has 4 atom stereocenters. The van der Waals surface area contributed by atoms with Gasteiger partial charge in [-0.25, -0.2) is 13.1 Å². The smallest absolute Gasteiger partial charge is 0.240 e. The number of anilines is 1. The summed E-state index contributed by atoms with van der Waals surface area (Å²) >= 11 is 0. The molecule has 0 radical (unpaired) electrons. The molecular formula is C22H26N2O6S. The van der Waals surface area contributed by atoms with Gasteiger partial charge in [-0.1, -0.05) is 35.9 Å². The maximum Gasteiger partial charge on any atom is 0.240 e. The number of hydrogen-bond acceptors (Lipinski definition) is 6. The second-order valence-electron chi connectivity index (χ2n) is 7.99. The number of carbonyl (C=O) groups is 1. The zero-order valence-electron chi connectivity index (χ0n) is 17.1. The number of amides is 1. The van der Waals surface area contributed by atoms with Gasteiger partial charge >= 0.3 is 0 Å². The average molecular weight is 447 g/mol. The Morgan fingerprint density at radius 2 is 1.77 bits per heavy atom. The molecule has 0 saturated carbocycles. The van der Waals surface area contributed by atoms with Gasteiger partial charge in [-0.05, 0) is 37.1 Å². The number of benzene rings is 2. The summed E-state index contributed by atoms with van der Waals surface area (Å²) in [4.78, 5) is 14.6. The Hall–Kier alpha value is -2.30. The summed E-state index contributed by atoms with van der Waals surface area (Å²) in [5, 5.41) is 20.7. The Labute approximate surface area is 181 Å². The number of nitrogens with zero attached hydrogens (tertiary/aromatic N) is 1. The first-order valence-electron chi connectivity index (χ1n) is 10.2. The molecule has 0 bridgehead atoms. The SMILES string of the molecule is Cc1ccc(S(=O)(=O)NCC2OC(CC(=O)N3CCc4ccccc43)C(O)C2O)cc1. The Bertz CT molecular complexity index is 1060. The fraction of sp³-hybridized carbons (Fsp3) is 0.409. The molecule has 4 unspecified atom stereocenters. The summed E-state index contributed by atoms with van der Waals surface area (Å²) in [7, 11) is -3.79. The zero-order chi connectivity index (χ0) is 22.2. The highest BCUT2D eigenvalue weighted by Gasteiger charge is 2.44. The molecule has 2 aromatic carbocycles. The third kappa shape index (κ3) is 4.51. The first-order chi connectivity index (χ1) is 14.8. The lowest BCUT2D eigenvalue weighted by atomic mass is 10.1. The van der Waals surface area contributed by atoms with Crippen molar-refractivity contribution in [2.24, 2.45) is 0 Å². The van der Waals surface area contributed by atoms with Crippen LogP contribution in [-0.4, -0.2) is 62.0 Å². The van der Waals surface area contributed by atoms with Crippen molar-refractivity contribution >= 4 is 21.6 Å². The number of sulfonamides is 1. The van der Waals surface area contributed by atoms with E-state index in [0.29, 0.717) is 6.54 Å². The van der Waals surface area contributed by atoms with Crippen LogP contribution >= 0.6 is 0 Å². The van der Waals surface area contributed by atoms with Crippen LogP contribution in [-0.2, 0) is 26.0 Å². The third-order valence-corrected chi connectivity index (χ3v) is 7.27. The molecule has 31 heavy (non-hydrogen) atoms. The van der Waals surface area contributed by atoms with Crippen molar-refractivity contribution < 1.29 is 28.2 Å². The molecule has 0 aliphatic carbocycles. The normalized spacial score (nSPS) is 25.6. The van der Waals surface area contributed by atoms with E-state index >= 15 is 0 Å². The topological polar surface area (TPSA) is 116 Å². The summed E-state index contributed by atoms with van der Waals surface area (Å²) in [6.07, 6.45) is -3.79. The van der Waals surface area contributed by atoms with E-state index in [9.17, 15) is 23.4 Å². The molecule has 1 saturated heterocycles. The first kappa shape index (κ1) is 21.9. The molecule has 2 aliphatic heterocycles. The van der Waals surface area contributed by atoms with Gasteiger partial charge in [0.1, 0.15) is 18.3 Å². The molecule has 1 amide bonds. The van der Waals surface area contributed by atoms with Crippen LogP contribution in [0.5, 0.6) is 0 Å². The van der Waals surface area contributed by atoms with Crippen LogP contribution < -0.4 is 9.62 Å². The summed E-state index contributed by atoms with van der Waals surface area (Å²) in [6.45, 7) is 2.20. The van der Waals surface area contributed by atoms with Gasteiger partial charge in [-0.2, -0.15) is 0 Å². The zero-order valence-corrected chi connectivity index (χ0v) is 18.0. The number of aliphatic hydroxyl groups is 2. The maximum absolute atomic E-state index is 12.8. The Morgan fingerprint density at radius 1 is 1.10 bits per heavy atom. The minimum absolute atomic E-state index is 0.102. The number of aliphatic hydroxyl groups excluding tert-OH is 2. The molecule has 2 aromatic rings. The van der Waals surface area contributed by atoms with Gasteiger partial charge in [0.05, 0.1) is 17.4 Å². The second-order valence-corrected chi connectivity index (χ2v) is 9.75. The summed E-state index contributed by atoms with van der Waals surface area (Å²) in [5.41, 5.74) is 2.87. The maximum atomic E-state index is 12.8. The molecule has 0 spiro atoms. The van der Waals surface area contributed by atoms with E-state index < -0.39 is 34.4 Å². The molecular weight excluding hydrogens is 420 g/mol. The first-order valence-corrected chi connectivity index (χ1v) is 11.7. The number of hydrogen-bond donors (Lipinski definition) is 3. The highest BCUT2D eigenvalue weighted by molar-refractivity contribution is 7.89. The highest BCUT2D eigenvalue weighted by Crippen LogP contribution is 2.30. The number of carbonyl (C=O) groups excluding carboxylic acids is 1. The largest absolute Gasteiger partial charge is 0.388 e. The minimum Gasteiger partial charge on any atom is -0.388 e. The number of ether oxygens (including phenoxy) is 1. The van der Waals surface area contributed by atoms with Crippen LogP contribution in [0.1, 0.15) is 17.5 Å². The molecule has 166 valence electrons. The lowest BCUT2D eigenvalue weighted by molar-refractivity contribution is -0.122. The number of para-hydroxylation sites is 1. The van der Waals surface area contributed by atoms with Crippen LogP contribution in [0.25, 0.3) is 0 Å². The lowest BCUT2D eigenvalue weighted by Gasteiger charge is -2.21. The van der Waals surface area contributed by atoms with Crippen LogP contribution in [0, 0.1) is 6.92 Å². The van der Waals surface area contributed by atoms with E-state index in [1.807, 2.05) is 31.2 Å². The monoisotopic (exact) mass is 446 g/mol. The van der Waals surface area contributed by atoms with Crippen LogP contribution in [0.3, 0.4) is 0 Å². The molecule has 8 nitrogen and oxygen atoms in total. The van der Waals surface area contributed by atoms with E-state index in [4.69, 9.17) is 4.74 Å². The minimum atomic E-state index is -3.79. The van der Waals surface area contributed by atoms with Gasteiger partial charge < -0.3 is 19.8 Å². The Balaban J connectivity index is 1.37. The average Bonchev–Trinajstić information content (AvgIpc) is 3.29. The van der Waals surface area contributed by atoms with Crippen LogP contribution in [0.4, 0.5) is 5.69 Å². The summed E-state index contributed by atoms with van der Waals surface area (Å²) in [5.74, 6) is -0.206. The predicted octanol–water partition coefficient (Wildman–Crippen LogP) is 0.742. The van der Waals surface area contributed by atoms with Gasteiger partial charge in [0.15, 0.2) is 0 Å². The second kappa shape index (κ2) is 8.68. The van der Waals surface area contributed by atoms with Crippen molar-refractivity contribution in [1.29, 1.82) is 0 Å². The lowest BCUT2D eigenvalue weighted by Crippen LogP contribution is -2.40. The van der Waals surface area contributed by atoms with E-state index in [2.05, 4.69) is 4.72 Å². The van der Waals surface area contributed by atoms with E-state index in [1.54, 1.807) is 17.0 Å². The summed E-state index contributed by atoms with van der Waals surface area (Å²) in [6, 6.07) is 14.0. The van der Waals surface area contributed by atoms with Crippen molar-refractivity contribution in [2.75, 3.05) is 18.0 Å². The van der Waals surface area contributed by atoms with E-state index in [-0.39, 0.29) is 23.8 Å². The molecule has 2 aliphatic rings. The van der Waals surface area contributed by atoms with Gasteiger partial charge in [0.25, 0.3) is 0 Å². The van der Waals surface area contributed by atoms with Crippen molar-refractivity contribution in [1.82, 2.24) is 4.72 Å². The highest BCUT2D eigenvalue weighted by atomic mass is 32.2. The van der Waals surface area contributed by atoms with Crippen LogP contribution in [0.2, 0.25) is 0 Å². The van der Waals surface area contributed by atoms with Crippen molar-refractivity contribution in [3.8, 4) is 0 Å². The number of aryl methyl sites for hydroxylation is 1. The Morgan fingerprint density at radius 3 is 2.52 bits per heavy atom. The molecule has 4 rings (SSSR count). The van der Waals surface area contributed by atoms with Gasteiger partial charge in [0, 0.05) is 18.8 Å². The number of nitrogens with one attached hydrogen (secondary N) is 1. The summed E-state index contributed by atoms with van der Waals surface area (Å²) < 4.78 is 33.0. The third-order valence-electron chi connectivity index (χ3n) is 5.83. The molecule has 2 heterocycles. The van der Waals surface area contributed by atoms with Gasteiger partial charge in [-0.3, -0.25) is 4.79 Å². The molecule has 0 aromatic heterocycles. The number of fused-ring (bicyclic) bond motifs is 1. The van der Waals surface area contributed by atoms with Crippen molar-refractivity contribution in [2.45, 2.75) is 49.1 Å². The van der Waals surface area contributed by atoms with Crippen molar-refractivity contribution in [3.63, 3.8) is 0 Å². The van der Waals surface area contributed by atoms with Gasteiger partial charge in [-0.15, -0.1) is 0 Å². The Kier molecular flexibility index (Phi) is 6.14. The van der Waals surface area contributed by atoms with Gasteiger partial charge in [0.2, 0.25) is 15.9 Å². The van der Waals surface area contributed by atoms with Crippen LogP contribution in [0.15, 0.2) is 53.4 Å². The fourth-order valence-corrected chi connectivity index (χ4v) is 5.08. The standard InChI is InChI=1S/C22H26N2O6S/c1-14-6-8-16(9-7-14)31(28,29)23-13-19-22(27)21(26)18(30-19)12-20(25)24-11-10-15-4-2-3-5-17(15)24/h2-9,18-19,21-23,26-27H,10-13H2,1H3. The van der Waals surface area contributed by atoms with Crippen molar-refractivity contribution in [3.05, 3.63) is 59.7 Å². The fourth-order valence-electron chi connectivity index (χ4n) is 4.04. The molecule has 9 heteroatoms.